The minimum Gasteiger partial charge on any atom is -0.504 e. The molecule has 0 saturated heterocycles. The van der Waals surface area contributed by atoms with Crippen LogP contribution in [-0.4, -0.2) is 45.1 Å². The lowest BCUT2D eigenvalue weighted by atomic mass is 9.56. The molecule has 0 heterocycles. The highest BCUT2D eigenvalue weighted by Gasteiger charge is 2.53. The van der Waals surface area contributed by atoms with Crippen LogP contribution in [0.4, 0.5) is 0 Å². The summed E-state index contributed by atoms with van der Waals surface area (Å²) in [5.41, 5.74) is 11.1. The standard InChI is InChI=1S/C22H26N2O6/c23-10-14-2-1-7-22(11-24,21(30)13-4-6-16(26)18(28)9-13)19(14)20(29)12-3-5-15(25)17(27)8-12/h3-6,8-9,14,19,25-28H,1-2,7,10-11,23-24H2/t14?,19-,22-/m1/s1. The number of benzene rings is 2. The van der Waals surface area contributed by atoms with E-state index in [1.807, 2.05) is 0 Å². The zero-order valence-electron chi connectivity index (χ0n) is 16.4. The van der Waals surface area contributed by atoms with Gasteiger partial charge in [-0.1, -0.05) is 6.42 Å². The summed E-state index contributed by atoms with van der Waals surface area (Å²) in [4.78, 5) is 27.1. The molecule has 2 aromatic carbocycles. The highest BCUT2D eigenvalue weighted by molar-refractivity contribution is 6.08. The average Bonchev–Trinajstić information content (AvgIpc) is 2.75. The fraction of sp³-hybridized carbons (Fsp3) is 0.364. The number of hydrogen-bond donors (Lipinski definition) is 6. The molecule has 1 saturated carbocycles. The molecule has 8 N–H and O–H groups in total. The lowest BCUT2D eigenvalue weighted by molar-refractivity contribution is 0.0338. The van der Waals surface area contributed by atoms with Crippen LogP contribution in [0.15, 0.2) is 36.4 Å². The molecule has 1 fully saturated rings. The molecule has 0 amide bonds. The molecule has 8 heteroatoms. The van der Waals surface area contributed by atoms with Crippen LogP contribution in [-0.2, 0) is 0 Å². The van der Waals surface area contributed by atoms with Crippen LogP contribution in [0.5, 0.6) is 23.0 Å². The van der Waals surface area contributed by atoms with Crippen LogP contribution in [0, 0.1) is 17.3 Å². The van der Waals surface area contributed by atoms with Crippen molar-refractivity contribution >= 4 is 11.6 Å². The Labute approximate surface area is 173 Å². The van der Waals surface area contributed by atoms with E-state index < -0.39 is 28.6 Å². The predicted molar refractivity (Wildman–Crippen MR) is 110 cm³/mol. The minimum atomic E-state index is -1.25. The van der Waals surface area contributed by atoms with Crippen molar-refractivity contribution in [3.05, 3.63) is 47.5 Å². The number of carbonyl (C=O) groups excluding carboxylic acids is 2. The smallest absolute Gasteiger partial charge is 0.171 e. The topological polar surface area (TPSA) is 167 Å². The molecule has 1 aliphatic rings. The molecule has 3 rings (SSSR count). The van der Waals surface area contributed by atoms with E-state index in [1.165, 1.54) is 24.3 Å². The zero-order valence-corrected chi connectivity index (χ0v) is 16.4. The molecular weight excluding hydrogens is 388 g/mol. The van der Waals surface area contributed by atoms with Gasteiger partial charge in [-0.3, -0.25) is 9.59 Å². The van der Waals surface area contributed by atoms with Crippen molar-refractivity contribution in [1.82, 2.24) is 0 Å². The number of ketones is 2. The molecule has 2 aromatic rings. The lowest BCUT2D eigenvalue weighted by Crippen LogP contribution is -2.54. The molecule has 160 valence electrons. The fourth-order valence-electron chi connectivity index (χ4n) is 4.56. The van der Waals surface area contributed by atoms with Crippen molar-refractivity contribution in [1.29, 1.82) is 0 Å². The molecule has 0 bridgehead atoms. The zero-order chi connectivity index (χ0) is 22.1. The Hall–Kier alpha value is -3.10. The number of aromatic hydroxyl groups is 4. The number of Topliss-reactive ketones (excluding diaryl/α,β-unsaturated/α-hetero) is 2. The summed E-state index contributed by atoms with van der Waals surface area (Å²) in [5, 5.41) is 38.8. The summed E-state index contributed by atoms with van der Waals surface area (Å²) in [6.45, 7) is 0.0702. The first kappa shape index (κ1) is 21.6. The highest BCUT2D eigenvalue weighted by atomic mass is 16.3. The van der Waals surface area contributed by atoms with Crippen LogP contribution in [0.25, 0.3) is 0 Å². The summed E-state index contributed by atoms with van der Waals surface area (Å²) in [6.07, 6.45) is 1.66. The van der Waals surface area contributed by atoms with Crippen LogP contribution < -0.4 is 11.5 Å². The van der Waals surface area contributed by atoms with E-state index in [1.54, 1.807) is 0 Å². The normalized spacial score (nSPS) is 23.8. The number of hydrogen-bond acceptors (Lipinski definition) is 8. The van der Waals surface area contributed by atoms with Crippen molar-refractivity contribution in [2.24, 2.45) is 28.7 Å². The Kier molecular flexibility index (Phi) is 6.00. The average molecular weight is 414 g/mol. The molecule has 0 aliphatic heterocycles. The maximum absolute atomic E-state index is 13.6. The van der Waals surface area contributed by atoms with Gasteiger partial charge in [-0.05, 0) is 61.7 Å². The third-order valence-corrected chi connectivity index (χ3v) is 6.16. The van der Waals surface area contributed by atoms with Crippen molar-refractivity contribution in [2.75, 3.05) is 13.1 Å². The maximum atomic E-state index is 13.6. The van der Waals surface area contributed by atoms with E-state index in [4.69, 9.17) is 11.5 Å². The van der Waals surface area contributed by atoms with Crippen molar-refractivity contribution in [3.63, 3.8) is 0 Å². The number of phenolic OH excluding ortho intramolecular Hbond substituents is 4. The Balaban J connectivity index is 2.11. The van der Waals surface area contributed by atoms with Gasteiger partial charge in [0.2, 0.25) is 0 Å². The third kappa shape index (κ3) is 3.59. The van der Waals surface area contributed by atoms with Gasteiger partial charge in [0.1, 0.15) is 0 Å². The quantitative estimate of drug-likeness (QED) is 0.308. The van der Waals surface area contributed by atoms with Gasteiger partial charge in [-0.25, -0.2) is 0 Å². The number of carbonyl (C=O) groups is 2. The number of nitrogens with two attached hydrogens (primary N) is 2. The van der Waals surface area contributed by atoms with E-state index in [0.717, 1.165) is 12.1 Å². The SMILES string of the molecule is NCC1CCC[C@](CN)(C(=O)c2ccc(O)c(O)c2)[C@H]1C(=O)c1ccc(O)c(O)c1. The second kappa shape index (κ2) is 8.33. The second-order valence-electron chi connectivity index (χ2n) is 7.83. The Morgan fingerprint density at radius 2 is 1.47 bits per heavy atom. The Morgan fingerprint density at radius 1 is 0.900 bits per heavy atom. The summed E-state index contributed by atoms with van der Waals surface area (Å²) < 4.78 is 0. The van der Waals surface area contributed by atoms with E-state index >= 15 is 0 Å². The van der Waals surface area contributed by atoms with Crippen molar-refractivity contribution < 1.29 is 30.0 Å². The van der Waals surface area contributed by atoms with E-state index in [0.29, 0.717) is 19.3 Å². The molecule has 8 nitrogen and oxygen atoms in total. The van der Waals surface area contributed by atoms with Crippen LogP contribution >= 0.6 is 0 Å². The lowest BCUT2D eigenvalue weighted by Gasteiger charge is -2.45. The number of rotatable bonds is 6. The van der Waals surface area contributed by atoms with E-state index in [2.05, 4.69) is 0 Å². The van der Waals surface area contributed by atoms with E-state index in [-0.39, 0.29) is 47.4 Å². The first-order valence-electron chi connectivity index (χ1n) is 9.78. The summed E-state index contributed by atoms with van der Waals surface area (Å²) in [7, 11) is 0. The van der Waals surface area contributed by atoms with Crippen molar-refractivity contribution in [2.45, 2.75) is 19.3 Å². The molecule has 1 aliphatic carbocycles. The van der Waals surface area contributed by atoms with Gasteiger partial charge < -0.3 is 31.9 Å². The summed E-state index contributed by atoms with van der Waals surface area (Å²) in [5.74, 6) is -3.52. The fourth-order valence-corrected chi connectivity index (χ4v) is 4.56. The molecule has 1 unspecified atom stereocenters. The largest absolute Gasteiger partial charge is 0.504 e. The monoisotopic (exact) mass is 414 g/mol. The van der Waals surface area contributed by atoms with Gasteiger partial charge in [0.15, 0.2) is 34.6 Å². The Bertz CT molecular complexity index is 976. The third-order valence-electron chi connectivity index (χ3n) is 6.16. The minimum absolute atomic E-state index is 0.107. The molecule has 3 atom stereocenters. The first-order chi connectivity index (χ1) is 14.2. The van der Waals surface area contributed by atoms with Gasteiger partial charge in [0, 0.05) is 23.6 Å². The maximum Gasteiger partial charge on any atom is 0.171 e. The molecule has 0 radical (unpaired) electrons. The van der Waals surface area contributed by atoms with Crippen LogP contribution in [0.3, 0.4) is 0 Å². The highest BCUT2D eigenvalue weighted by Crippen LogP contribution is 2.48. The first-order valence-corrected chi connectivity index (χ1v) is 9.78. The molecule has 0 aromatic heterocycles. The van der Waals surface area contributed by atoms with Gasteiger partial charge in [0.05, 0.1) is 5.41 Å². The van der Waals surface area contributed by atoms with Gasteiger partial charge in [-0.2, -0.15) is 0 Å². The molecular formula is C22H26N2O6. The summed E-state index contributed by atoms with van der Waals surface area (Å²) in [6, 6.07) is 7.52. The molecule has 30 heavy (non-hydrogen) atoms. The van der Waals surface area contributed by atoms with Crippen molar-refractivity contribution in [3.8, 4) is 23.0 Å². The van der Waals surface area contributed by atoms with Gasteiger partial charge in [-0.15, -0.1) is 0 Å². The van der Waals surface area contributed by atoms with Crippen LogP contribution in [0.2, 0.25) is 0 Å². The van der Waals surface area contributed by atoms with E-state index in [9.17, 15) is 30.0 Å². The Morgan fingerprint density at radius 3 is 2.00 bits per heavy atom. The van der Waals surface area contributed by atoms with Crippen LogP contribution in [0.1, 0.15) is 40.0 Å². The number of phenols is 4. The second-order valence-corrected chi connectivity index (χ2v) is 7.83. The summed E-state index contributed by atoms with van der Waals surface area (Å²) >= 11 is 0. The van der Waals surface area contributed by atoms with Gasteiger partial charge >= 0.3 is 0 Å². The molecule has 0 spiro atoms. The van der Waals surface area contributed by atoms with Gasteiger partial charge in [0.25, 0.3) is 0 Å². The predicted octanol–water partition coefficient (Wildman–Crippen LogP) is 1.89.